The lowest BCUT2D eigenvalue weighted by molar-refractivity contribution is -0.142. The Bertz CT molecular complexity index is 541. The van der Waals surface area contributed by atoms with Gasteiger partial charge in [-0.3, -0.25) is 9.69 Å². The van der Waals surface area contributed by atoms with Crippen molar-refractivity contribution in [1.29, 1.82) is 0 Å². The van der Waals surface area contributed by atoms with Crippen molar-refractivity contribution >= 4 is 17.2 Å². The molecule has 0 unspecified atom stereocenters. The molecule has 4 heterocycles. The summed E-state index contributed by atoms with van der Waals surface area (Å²) in [5, 5.41) is 5.61. The Morgan fingerprint density at radius 3 is 2.88 bits per heavy atom. The first-order valence-electron chi connectivity index (χ1n) is 9.54. The summed E-state index contributed by atoms with van der Waals surface area (Å²) in [7, 11) is 0. The number of carbonyl (C=O) groups is 1. The Kier molecular flexibility index (Phi) is 5.20. The van der Waals surface area contributed by atoms with Crippen molar-refractivity contribution in [2.75, 3.05) is 32.7 Å². The van der Waals surface area contributed by atoms with Crippen LogP contribution in [0.25, 0.3) is 0 Å². The zero-order chi connectivity index (χ0) is 16.4. The van der Waals surface area contributed by atoms with Gasteiger partial charge in [0.1, 0.15) is 0 Å². The molecule has 1 aromatic heterocycles. The summed E-state index contributed by atoms with van der Waals surface area (Å²) in [5.74, 6) is 1.80. The summed E-state index contributed by atoms with van der Waals surface area (Å²) in [6.45, 7) is 6.63. The van der Waals surface area contributed by atoms with Gasteiger partial charge >= 0.3 is 0 Å². The van der Waals surface area contributed by atoms with Gasteiger partial charge in [0.2, 0.25) is 5.91 Å². The molecule has 1 aromatic rings. The Morgan fingerprint density at radius 2 is 2.08 bits per heavy atom. The number of thiophene rings is 1. The molecule has 1 N–H and O–H groups in total. The molecule has 0 bridgehead atoms. The van der Waals surface area contributed by atoms with E-state index in [1.165, 1.54) is 24.3 Å². The van der Waals surface area contributed by atoms with E-state index in [1.807, 2.05) is 11.3 Å². The van der Waals surface area contributed by atoms with Crippen LogP contribution in [-0.2, 0) is 11.3 Å². The molecule has 4 nitrogen and oxygen atoms in total. The molecule has 3 fully saturated rings. The van der Waals surface area contributed by atoms with E-state index in [4.69, 9.17) is 0 Å². The standard InChI is InChI=1S/C19H29N3OS/c23-19-4-3-16-13-21(14-17-2-1-11-24-17)10-7-18(16)22(19)12-15-5-8-20-9-6-15/h1-2,11,15-16,18,20H,3-10,12-14H2/t16-,18+/m1/s1. The van der Waals surface area contributed by atoms with Crippen LogP contribution in [0.15, 0.2) is 17.5 Å². The number of hydrogen-bond acceptors (Lipinski definition) is 4. The first kappa shape index (κ1) is 16.6. The molecule has 3 aliphatic heterocycles. The molecule has 4 rings (SSSR count). The molecule has 3 saturated heterocycles. The number of carbonyl (C=O) groups excluding carboxylic acids is 1. The van der Waals surface area contributed by atoms with Gasteiger partial charge in [-0.1, -0.05) is 6.07 Å². The molecule has 132 valence electrons. The van der Waals surface area contributed by atoms with E-state index in [2.05, 4.69) is 32.6 Å². The second-order valence-electron chi connectivity index (χ2n) is 7.71. The van der Waals surface area contributed by atoms with Gasteiger partial charge in [-0.05, 0) is 62.1 Å². The van der Waals surface area contributed by atoms with E-state index in [9.17, 15) is 4.79 Å². The highest BCUT2D eigenvalue weighted by Gasteiger charge is 2.39. The molecule has 0 saturated carbocycles. The van der Waals surface area contributed by atoms with Crippen LogP contribution in [0.1, 0.15) is 37.0 Å². The number of rotatable bonds is 4. The second-order valence-corrected chi connectivity index (χ2v) is 8.74. The highest BCUT2D eigenvalue weighted by molar-refractivity contribution is 7.09. The van der Waals surface area contributed by atoms with Crippen molar-refractivity contribution in [3.63, 3.8) is 0 Å². The predicted molar refractivity (Wildman–Crippen MR) is 98.0 cm³/mol. The van der Waals surface area contributed by atoms with E-state index >= 15 is 0 Å². The highest BCUT2D eigenvalue weighted by Crippen LogP contribution is 2.33. The number of fused-ring (bicyclic) bond motifs is 1. The monoisotopic (exact) mass is 347 g/mol. The van der Waals surface area contributed by atoms with Crippen molar-refractivity contribution in [2.24, 2.45) is 11.8 Å². The van der Waals surface area contributed by atoms with Crippen molar-refractivity contribution in [3.8, 4) is 0 Å². The van der Waals surface area contributed by atoms with Gasteiger partial charge in [-0.25, -0.2) is 0 Å². The van der Waals surface area contributed by atoms with Gasteiger partial charge in [-0.15, -0.1) is 11.3 Å². The van der Waals surface area contributed by atoms with E-state index in [1.54, 1.807) is 0 Å². The van der Waals surface area contributed by atoms with Gasteiger partial charge in [0.25, 0.3) is 0 Å². The van der Waals surface area contributed by atoms with Crippen molar-refractivity contribution in [2.45, 2.75) is 44.7 Å². The maximum Gasteiger partial charge on any atom is 0.222 e. The first-order chi connectivity index (χ1) is 11.8. The summed E-state index contributed by atoms with van der Waals surface area (Å²) in [4.78, 5) is 18.9. The first-order valence-corrected chi connectivity index (χ1v) is 10.4. The summed E-state index contributed by atoms with van der Waals surface area (Å²) in [6.07, 6.45) is 5.47. The zero-order valence-electron chi connectivity index (χ0n) is 14.5. The fourth-order valence-corrected chi connectivity index (χ4v) is 5.52. The van der Waals surface area contributed by atoms with E-state index in [0.29, 0.717) is 23.8 Å². The molecular weight excluding hydrogens is 318 g/mol. The van der Waals surface area contributed by atoms with Gasteiger partial charge in [-0.2, -0.15) is 0 Å². The second kappa shape index (κ2) is 7.54. The van der Waals surface area contributed by atoms with Crippen LogP contribution in [0, 0.1) is 11.8 Å². The quantitative estimate of drug-likeness (QED) is 0.909. The maximum absolute atomic E-state index is 12.6. The third-order valence-corrected chi connectivity index (χ3v) is 6.96. The Hall–Kier alpha value is -0.910. The molecule has 0 aromatic carbocycles. The molecule has 0 aliphatic carbocycles. The van der Waals surface area contributed by atoms with Crippen LogP contribution in [-0.4, -0.2) is 54.5 Å². The molecule has 0 spiro atoms. The van der Waals surface area contributed by atoms with Gasteiger partial charge in [0.05, 0.1) is 0 Å². The fraction of sp³-hybridized carbons (Fsp3) is 0.737. The molecule has 5 heteroatoms. The molecule has 1 amide bonds. The van der Waals surface area contributed by atoms with Crippen LogP contribution in [0.3, 0.4) is 0 Å². The van der Waals surface area contributed by atoms with Crippen LogP contribution in [0.4, 0.5) is 0 Å². The van der Waals surface area contributed by atoms with Crippen LogP contribution in [0.5, 0.6) is 0 Å². The Morgan fingerprint density at radius 1 is 1.21 bits per heavy atom. The van der Waals surface area contributed by atoms with Gasteiger partial charge < -0.3 is 10.2 Å². The minimum Gasteiger partial charge on any atom is -0.339 e. The minimum absolute atomic E-state index is 0.418. The molecule has 24 heavy (non-hydrogen) atoms. The third kappa shape index (κ3) is 3.68. The van der Waals surface area contributed by atoms with Crippen molar-refractivity contribution in [3.05, 3.63) is 22.4 Å². The number of piperidine rings is 3. The molecular formula is C19H29N3OS. The molecule has 3 aliphatic rings. The van der Waals surface area contributed by atoms with E-state index < -0.39 is 0 Å². The summed E-state index contributed by atoms with van der Waals surface area (Å²) >= 11 is 1.86. The van der Waals surface area contributed by atoms with E-state index in [0.717, 1.165) is 52.0 Å². The molecule has 2 atom stereocenters. The summed E-state index contributed by atoms with van der Waals surface area (Å²) in [6, 6.07) is 4.89. The summed E-state index contributed by atoms with van der Waals surface area (Å²) in [5.41, 5.74) is 0. The van der Waals surface area contributed by atoms with Crippen LogP contribution in [0.2, 0.25) is 0 Å². The smallest absolute Gasteiger partial charge is 0.222 e. The van der Waals surface area contributed by atoms with E-state index in [-0.39, 0.29) is 0 Å². The van der Waals surface area contributed by atoms with Crippen LogP contribution >= 0.6 is 11.3 Å². The minimum atomic E-state index is 0.418. The maximum atomic E-state index is 12.6. The van der Waals surface area contributed by atoms with Crippen molar-refractivity contribution in [1.82, 2.24) is 15.1 Å². The van der Waals surface area contributed by atoms with Crippen LogP contribution < -0.4 is 5.32 Å². The lowest BCUT2D eigenvalue weighted by Gasteiger charge is -2.48. The predicted octanol–water partition coefficient (Wildman–Crippen LogP) is 2.56. The van der Waals surface area contributed by atoms with Crippen molar-refractivity contribution < 1.29 is 4.79 Å². The lowest BCUT2D eigenvalue weighted by Crippen LogP contribution is -2.57. The Labute approximate surface area is 149 Å². The Balaban J connectivity index is 1.37. The normalized spacial score (nSPS) is 29.7. The number of nitrogens with one attached hydrogen (secondary N) is 1. The highest BCUT2D eigenvalue weighted by atomic mass is 32.1. The lowest BCUT2D eigenvalue weighted by atomic mass is 9.82. The SMILES string of the molecule is O=C1CC[C@@H]2CN(Cc3cccs3)CC[C@@H]2N1CC1CCNCC1. The average Bonchev–Trinajstić information content (AvgIpc) is 3.11. The fourth-order valence-electron chi connectivity index (χ4n) is 4.77. The number of amides is 1. The largest absolute Gasteiger partial charge is 0.339 e. The zero-order valence-corrected chi connectivity index (χ0v) is 15.3. The summed E-state index contributed by atoms with van der Waals surface area (Å²) < 4.78 is 0. The third-order valence-electron chi connectivity index (χ3n) is 6.10. The topological polar surface area (TPSA) is 35.6 Å². The molecule has 0 radical (unpaired) electrons. The number of likely N-dealkylation sites (tertiary alicyclic amines) is 2. The number of hydrogen-bond donors (Lipinski definition) is 1. The van der Waals surface area contributed by atoms with Gasteiger partial charge in [0.15, 0.2) is 0 Å². The van der Waals surface area contributed by atoms with Gasteiger partial charge in [0, 0.05) is 43.5 Å². The average molecular weight is 348 g/mol. The number of nitrogens with zero attached hydrogens (tertiary/aromatic N) is 2.